The Hall–Kier alpha value is -2.05. The summed E-state index contributed by atoms with van der Waals surface area (Å²) in [5.74, 6) is -0.403. The quantitative estimate of drug-likeness (QED) is 0.433. The average molecular weight is 259 g/mol. The fourth-order valence-electron chi connectivity index (χ4n) is 1.33. The predicted octanol–water partition coefficient (Wildman–Crippen LogP) is 2.82. The molecule has 0 aromatic heterocycles. The zero-order valence-electron chi connectivity index (χ0n) is 9.56. The molecule has 0 heterocycles. The average Bonchev–Trinajstić information content (AvgIpc) is 2.18. The van der Waals surface area contributed by atoms with Gasteiger partial charge in [0.15, 0.2) is 11.8 Å². The van der Waals surface area contributed by atoms with Gasteiger partial charge in [-0.3, -0.25) is 10.8 Å². The van der Waals surface area contributed by atoms with E-state index in [0.717, 1.165) is 12.1 Å². The third kappa shape index (κ3) is 3.76. The van der Waals surface area contributed by atoms with E-state index in [4.69, 9.17) is 21.3 Å². The van der Waals surface area contributed by atoms with Crippen molar-refractivity contribution in [2.75, 3.05) is 5.73 Å². The summed E-state index contributed by atoms with van der Waals surface area (Å²) in [5.41, 5.74) is 4.96. The van der Waals surface area contributed by atoms with E-state index in [1.54, 1.807) is 0 Å². The molecule has 0 fully saturated rings. The third-order valence-corrected chi connectivity index (χ3v) is 2.10. The maximum Gasteiger partial charge on any atom is 0.416 e. The molecule has 0 aliphatic heterocycles. The van der Waals surface area contributed by atoms with Crippen molar-refractivity contribution in [1.29, 1.82) is 10.8 Å². The van der Waals surface area contributed by atoms with Gasteiger partial charge in [0.2, 0.25) is 0 Å². The van der Waals surface area contributed by atoms with Crippen molar-refractivity contribution in [3.05, 3.63) is 29.3 Å². The summed E-state index contributed by atoms with van der Waals surface area (Å²) in [5, 5.41) is 14.4. The summed E-state index contributed by atoms with van der Waals surface area (Å²) >= 11 is 0. The maximum absolute atomic E-state index is 12.4. The van der Waals surface area contributed by atoms with Crippen LogP contribution in [0.5, 0.6) is 0 Å². The first kappa shape index (κ1) is 14.0. The van der Waals surface area contributed by atoms with E-state index in [1.165, 1.54) is 13.0 Å². The summed E-state index contributed by atoms with van der Waals surface area (Å²) in [6, 6.07) is 2.92. The van der Waals surface area contributed by atoms with Crippen molar-refractivity contribution < 1.29 is 17.9 Å². The molecule has 1 rings (SSSR count). The van der Waals surface area contributed by atoms with E-state index < -0.39 is 11.7 Å². The highest BCUT2D eigenvalue weighted by molar-refractivity contribution is 5.88. The first-order valence-electron chi connectivity index (χ1n) is 4.96. The Balaban J connectivity index is 2.87. The molecule has 1 aromatic carbocycles. The topological polar surface area (TPSA) is 83.0 Å². The minimum absolute atomic E-state index is 0.0548. The molecule has 4 nitrogen and oxygen atoms in total. The van der Waals surface area contributed by atoms with Crippen molar-refractivity contribution in [3.63, 3.8) is 0 Å². The van der Waals surface area contributed by atoms with Gasteiger partial charge in [0.1, 0.15) is 0 Å². The Labute approximate surface area is 102 Å². The molecule has 0 bridgehead atoms. The lowest BCUT2D eigenvalue weighted by atomic mass is 10.1. The second-order valence-electron chi connectivity index (χ2n) is 3.67. The van der Waals surface area contributed by atoms with Gasteiger partial charge >= 0.3 is 6.18 Å². The molecular formula is C11H12F3N3O. The summed E-state index contributed by atoms with van der Waals surface area (Å²) in [6.07, 6.45) is -4.50. The first-order chi connectivity index (χ1) is 8.20. The number of nitrogen functional groups attached to an aromatic ring is 1. The van der Waals surface area contributed by atoms with Crippen molar-refractivity contribution >= 4 is 17.5 Å². The smallest absolute Gasteiger partial charge is 0.416 e. The number of halogens is 3. The molecule has 0 aliphatic carbocycles. The highest BCUT2D eigenvalue weighted by atomic mass is 19.4. The summed E-state index contributed by atoms with van der Waals surface area (Å²) in [7, 11) is 0. The van der Waals surface area contributed by atoms with Gasteiger partial charge in [-0.1, -0.05) is 6.07 Å². The molecule has 0 saturated heterocycles. The first-order valence-corrected chi connectivity index (χ1v) is 4.96. The number of ether oxygens (including phenoxy) is 1. The van der Waals surface area contributed by atoms with Crippen LogP contribution in [-0.4, -0.2) is 11.8 Å². The predicted molar refractivity (Wildman–Crippen MR) is 61.8 cm³/mol. The van der Waals surface area contributed by atoms with Crippen molar-refractivity contribution in [3.8, 4) is 0 Å². The Bertz CT molecular complexity index is 483. The summed E-state index contributed by atoms with van der Waals surface area (Å²) in [4.78, 5) is 0. The van der Waals surface area contributed by atoms with Crippen LogP contribution < -0.4 is 5.73 Å². The number of nitrogens with two attached hydrogens (primary N) is 1. The van der Waals surface area contributed by atoms with Crippen molar-refractivity contribution in [2.24, 2.45) is 0 Å². The Morgan fingerprint density at radius 2 is 1.94 bits per heavy atom. The molecule has 4 N–H and O–H groups in total. The normalized spacial score (nSPS) is 11.1. The number of rotatable bonds is 2. The molecule has 7 heteroatoms. The standard InChI is InChI=1S/C11H12F3N3O/c1-6(15)18-10(17)4-7-2-3-8(5-9(7)16)11(12,13)14/h2-3,5,15,17H,4,16H2,1H3. The second kappa shape index (κ2) is 5.07. The SMILES string of the molecule is CC(=N)OC(=N)Cc1ccc(C(F)(F)F)cc1N. The van der Waals surface area contributed by atoms with Gasteiger partial charge in [0.05, 0.1) is 12.0 Å². The Morgan fingerprint density at radius 3 is 2.39 bits per heavy atom. The number of hydrogen-bond acceptors (Lipinski definition) is 4. The van der Waals surface area contributed by atoms with E-state index in [1.807, 2.05) is 0 Å². The number of nitrogens with one attached hydrogen (secondary N) is 2. The fourth-order valence-corrected chi connectivity index (χ4v) is 1.33. The van der Waals surface area contributed by atoms with Gasteiger partial charge in [0.25, 0.3) is 0 Å². The minimum Gasteiger partial charge on any atom is -0.430 e. The lowest BCUT2D eigenvalue weighted by Gasteiger charge is -2.11. The van der Waals surface area contributed by atoms with Gasteiger partial charge in [0, 0.05) is 12.6 Å². The molecule has 18 heavy (non-hydrogen) atoms. The zero-order chi connectivity index (χ0) is 13.9. The van der Waals surface area contributed by atoms with Crippen LogP contribution in [0.4, 0.5) is 18.9 Å². The van der Waals surface area contributed by atoms with Crippen LogP contribution in [0.25, 0.3) is 0 Å². The molecule has 0 radical (unpaired) electrons. The van der Waals surface area contributed by atoms with Crippen LogP contribution in [-0.2, 0) is 17.3 Å². The molecule has 0 aliphatic rings. The molecule has 0 amide bonds. The minimum atomic E-state index is -4.44. The van der Waals surface area contributed by atoms with Crippen molar-refractivity contribution in [2.45, 2.75) is 19.5 Å². The van der Waals surface area contributed by atoms with E-state index >= 15 is 0 Å². The van der Waals surface area contributed by atoms with E-state index in [9.17, 15) is 13.2 Å². The second-order valence-corrected chi connectivity index (χ2v) is 3.67. The molecule has 0 unspecified atom stereocenters. The molecule has 0 spiro atoms. The highest BCUT2D eigenvalue weighted by Crippen LogP contribution is 2.31. The van der Waals surface area contributed by atoms with Crippen LogP contribution >= 0.6 is 0 Å². The van der Waals surface area contributed by atoms with Crippen molar-refractivity contribution in [1.82, 2.24) is 0 Å². The molecule has 98 valence electrons. The molecule has 1 aromatic rings. The monoisotopic (exact) mass is 259 g/mol. The van der Waals surface area contributed by atoms with Crippen LogP contribution in [0, 0.1) is 10.8 Å². The molecular weight excluding hydrogens is 247 g/mol. The van der Waals surface area contributed by atoms with Crippen LogP contribution in [0.15, 0.2) is 18.2 Å². The van der Waals surface area contributed by atoms with Crippen LogP contribution in [0.3, 0.4) is 0 Å². The number of anilines is 1. The van der Waals surface area contributed by atoms with Crippen LogP contribution in [0.2, 0.25) is 0 Å². The summed E-state index contributed by atoms with van der Waals surface area (Å²) < 4.78 is 41.8. The van der Waals surface area contributed by atoms with Gasteiger partial charge in [-0.2, -0.15) is 13.2 Å². The van der Waals surface area contributed by atoms with E-state index in [0.29, 0.717) is 5.56 Å². The van der Waals surface area contributed by atoms with Gasteiger partial charge in [-0.05, 0) is 17.7 Å². The fraction of sp³-hybridized carbons (Fsp3) is 0.273. The highest BCUT2D eigenvalue weighted by Gasteiger charge is 2.30. The van der Waals surface area contributed by atoms with Gasteiger partial charge in [-0.25, -0.2) is 0 Å². The number of benzene rings is 1. The number of hydrogen-bond donors (Lipinski definition) is 3. The van der Waals surface area contributed by atoms with Crippen LogP contribution in [0.1, 0.15) is 18.1 Å². The van der Waals surface area contributed by atoms with Gasteiger partial charge < -0.3 is 10.5 Å². The Morgan fingerprint density at radius 1 is 1.33 bits per heavy atom. The number of alkyl halides is 3. The summed E-state index contributed by atoms with van der Waals surface area (Å²) in [6.45, 7) is 1.35. The third-order valence-electron chi connectivity index (χ3n) is 2.10. The lowest BCUT2D eigenvalue weighted by molar-refractivity contribution is -0.137. The molecule has 0 atom stereocenters. The lowest BCUT2D eigenvalue weighted by Crippen LogP contribution is -2.12. The maximum atomic E-state index is 12.4. The Kier molecular flexibility index (Phi) is 3.95. The zero-order valence-corrected chi connectivity index (χ0v) is 9.56. The van der Waals surface area contributed by atoms with E-state index in [2.05, 4.69) is 0 Å². The largest absolute Gasteiger partial charge is 0.430 e. The van der Waals surface area contributed by atoms with Gasteiger partial charge in [-0.15, -0.1) is 0 Å². The van der Waals surface area contributed by atoms with E-state index in [-0.39, 0.29) is 23.9 Å². The molecule has 0 saturated carbocycles.